The Kier molecular flexibility index (Phi) is 4.75. The second kappa shape index (κ2) is 6.10. The van der Waals surface area contributed by atoms with Crippen molar-refractivity contribution in [2.75, 3.05) is 18.6 Å². The van der Waals surface area contributed by atoms with Gasteiger partial charge in [0.15, 0.2) is 6.23 Å². The molecular formula is C10H14ClN3O7S. The molecule has 4 N–H and O–H groups in total. The molecule has 2 rings (SSSR count). The van der Waals surface area contributed by atoms with E-state index in [1.165, 1.54) is 0 Å². The normalized spacial score (nSPS) is 28.9. The molecule has 0 saturated carbocycles. The topological polar surface area (TPSA) is 154 Å². The molecule has 1 fully saturated rings. The van der Waals surface area contributed by atoms with Gasteiger partial charge in [0.2, 0.25) is 0 Å². The van der Waals surface area contributed by atoms with Gasteiger partial charge in [-0.25, -0.2) is 4.79 Å². The van der Waals surface area contributed by atoms with Gasteiger partial charge < -0.3 is 20.7 Å². The Bertz CT molecular complexity index is 722. The lowest BCUT2D eigenvalue weighted by Gasteiger charge is -2.19. The maximum absolute atomic E-state index is 11.8. The van der Waals surface area contributed by atoms with Gasteiger partial charge in [0.1, 0.15) is 24.1 Å². The zero-order valence-corrected chi connectivity index (χ0v) is 12.9. The van der Waals surface area contributed by atoms with Crippen molar-refractivity contribution in [1.29, 1.82) is 0 Å². The third-order valence-electron chi connectivity index (χ3n) is 2.98. The molecule has 0 aliphatic carbocycles. The Labute approximate surface area is 130 Å². The number of hydrogen-bond acceptors (Lipinski definition) is 9. The summed E-state index contributed by atoms with van der Waals surface area (Å²) in [7, 11) is -3.91. The van der Waals surface area contributed by atoms with E-state index in [0.29, 0.717) is 0 Å². The number of ether oxygens (including phenoxy) is 1. The first-order valence-electron chi connectivity index (χ1n) is 6.01. The molecule has 0 aromatic carbocycles. The summed E-state index contributed by atoms with van der Waals surface area (Å²) >= 11 is 5.76. The Morgan fingerprint density at radius 1 is 1.59 bits per heavy atom. The van der Waals surface area contributed by atoms with Gasteiger partial charge in [0, 0.05) is 6.20 Å². The van der Waals surface area contributed by atoms with Gasteiger partial charge >= 0.3 is 5.69 Å². The minimum atomic E-state index is -3.91. The fraction of sp³-hybridized carbons (Fsp3) is 0.600. The molecule has 1 aliphatic rings. The van der Waals surface area contributed by atoms with Crippen LogP contribution in [0.2, 0.25) is 5.02 Å². The number of anilines is 1. The van der Waals surface area contributed by atoms with Gasteiger partial charge in [-0.15, -0.1) is 0 Å². The van der Waals surface area contributed by atoms with Crippen molar-refractivity contribution in [3.63, 3.8) is 0 Å². The van der Waals surface area contributed by atoms with Crippen LogP contribution < -0.4 is 11.4 Å². The van der Waals surface area contributed by atoms with Gasteiger partial charge in [-0.2, -0.15) is 13.4 Å². The molecule has 0 spiro atoms. The lowest BCUT2D eigenvalue weighted by molar-refractivity contribution is -0.0542. The van der Waals surface area contributed by atoms with Crippen LogP contribution in [0.15, 0.2) is 11.0 Å². The van der Waals surface area contributed by atoms with Crippen LogP contribution in [-0.4, -0.2) is 59.4 Å². The second-order valence-corrected chi connectivity index (χ2v) is 6.68. The van der Waals surface area contributed by atoms with Gasteiger partial charge in [-0.3, -0.25) is 8.75 Å². The Morgan fingerprint density at radius 2 is 2.23 bits per heavy atom. The Morgan fingerprint density at radius 3 is 2.77 bits per heavy atom. The van der Waals surface area contributed by atoms with Crippen LogP contribution in [0.25, 0.3) is 0 Å². The molecule has 0 radical (unpaired) electrons. The number of nitrogens with zero attached hydrogens (tertiary/aromatic N) is 2. The smallest absolute Gasteiger partial charge is 0.351 e. The highest BCUT2D eigenvalue weighted by atomic mass is 35.5. The van der Waals surface area contributed by atoms with Crippen LogP contribution in [0.4, 0.5) is 5.82 Å². The first-order chi connectivity index (χ1) is 10.1. The minimum absolute atomic E-state index is 0.0524. The molecule has 12 heteroatoms. The van der Waals surface area contributed by atoms with Gasteiger partial charge in [-0.1, -0.05) is 11.6 Å². The average molecular weight is 356 g/mol. The first-order valence-corrected chi connectivity index (χ1v) is 8.20. The highest BCUT2D eigenvalue weighted by molar-refractivity contribution is 7.86. The molecular weight excluding hydrogens is 342 g/mol. The number of nitrogen functional groups attached to an aromatic ring is 1. The predicted molar refractivity (Wildman–Crippen MR) is 74.6 cm³/mol. The van der Waals surface area contributed by atoms with Crippen molar-refractivity contribution >= 4 is 27.5 Å². The quantitative estimate of drug-likeness (QED) is 0.524. The molecule has 0 amide bonds. The van der Waals surface area contributed by atoms with Crippen LogP contribution in [0.5, 0.6) is 0 Å². The van der Waals surface area contributed by atoms with Crippen molar-refractivity contribution in [2.45, 2.75) is 24.5 Å². The standard InChI is InChI=1S/C10H14ClN3O7S/c1-22(18,19)21-7-5(3-15)20-9(6(7)16)14-2-4(11)8(12)13-10(14)17/h2,5-7,9,15-16H,3H2,1H3,(H2,12,13,17)/t5-,6-,7+,9-/m1/s1. The lowest BCUT2D eigenvalue weighted by Crippen LogP contribution is -2.39. The molecule has 2 heterocycles. The third-order valence-corrected chi connectivity index (χ3v) is 3.85. The highest BCUT2D eigenvalue weighted by Gasteiger charge is 2.47. The fourth-order valence-electron chi connectivity index (χ4n) is 2.06. The third kappa shape index (κ3) is 3.39. The lowest BCUT2D eigenvalue weighted by atomic mass is 10.1. The SMILES string of the molecule is CS(=O)(=O)O[C@@H]1[C@@H](O)[C@H](n2cc(Cl)c(N)nc2=O)O[C@@H]1CO. The fourth-order valence-corrected chi connectivity index (χ4v) is 2.85. The van der Waals surface area contributed by atoms with Crippen molar-refractivity contribution in [2.24, 2.45) is 0 Å². The Hall–Kier alpha value is -1.24. The maximum atomic E-state index is 11.8. The summed E-state index contributed by atoms with van der Waals surface area (Å²) in [5, 5.41) is 19.3. The minimum Gasteiger partial charge on any atom is -0.394 e. The van der Waals surface area contributed by atoms with Gasteiger partial charge in [-0.05, 0) is 0 Å². The molecule has 22 heavy (non-hydrogen) atoms. The van der Waals surface area contributed by atoms with Gasteiger partial charge in [0.25, 0.3) is 10.1 Å². The number of halogens is 1. The number of rotatable bonds is 4. The molecule has 0 bridgehead atoms. The predicted octanol–water partition coefficient (Wildman–Crippen LogP) is -1.93. The van der Waals surface area contributed by atoms with Crippen molar-refractivity contribution in [1.82, 2.24) is 9.55 Å². The first kappa shape index (κ1) is 17.1. The van der Waals surface area contributed by atoms with E-state index in [9.17, 15) is 23.4 Å². The summed E-state index contributed by atoms with van der Waals surface area (Å²) < 4.78 is 33.3. The molecule has 0 unspecified atom stereocenters. The van der Waals surface area contributed by atoms with Crippen molar-refractivity contribution in [3.05, 3.63) is 21.7 Å². The van der Waals surface area contributed by atoms with E-state index in [4.69, 9.17) is 26.3 Å². The maximum Gasteiger partial charge on any atom is 0.351 e. The van der Waals surface area contributed by atoms with E-state index in [0.717, 1.165) is 17.0 Å². The number of aliphatic hydroxyl groups is 2. The zero-order chi connectivity index (χ0) is 16.7. The zero-order valence-electron chi connectivity index (χ0n) is 11.3. The molecule has 4 atom stereocenters. The van der Waals surface area contributed by atoms with Crippen LogP contribution in [-0.2, 0) is 19.0 Å². The van der Waals surface area contributed by atoms with Crippen LogP contribution in [0.1, 0.15) is 6.23 Å². The number of aliphatic hydroxyl groups excluding tert-OH is 2. The molecule has 10 nitrogen and oxygen atoms in total. The van der Waals surface area contributed by atoms with Gasteiger partial charge in [0.05, 0.1) is 17.9 Å². The molecule has 1 aliphatic heterocycles. The van der Waals surface area contributed by atoms with Crippen LogP contribution in [0.3, 0.4) is 0 Å². The summed E-state index contributed by atoms with van der Waals surface area (Å²) in [4.78, 5) is 15.3. The number of nitrogens with two attached hydrogens (primary N) is 1. The number of aromatic nitrogens is 2. The van der Waals surface area contributed by atoms with Crippen LogP contribution >= 0.6 is 11.6 Å². The van der Waals surface area contributed by atoms with E-state index < -0.39 is 47.0 Å². The summed E-state index contributed by atoms with van der Waals surface area (Å²) in [5.74, 6) is -0.196. The molecule has 1 saturated heterocycles. The summed E-state index contributed by atoms with van der Waals surface area (Å²) in [6.45, 7) is -0.626. The second-order valence-electron chi connectivity index (χ2n) is 4.67. The highest BCUT2D eigenvalue weighted by Crippen LogP contribution is 2.31. The van der Waals surface area contributed by atoms with E-state index in [1.807, 2.05) is 0 Å². The number of hydrogen-bond donors (Lipinski definition) is 3. The van der Waals surface area contributed by atoms with Crippen LogP contribution in [0, 0.1) is 0 Å². The molecule has 1 aromatic heterocycles. The Balaban J connectivity index is 2.38. The van der Waals surface area contributed by atoms with Crippen molar-refractivity contribution < 1.29 is 27.6 Å². The summed E-state index contributed by atoms with van der Waals surface area (Å²) in [6.07, 6.45) is -3.54. The van der Waals surface area contributed by atoms with E-state index in [-0.39, 0.29) is 10.8 Å². The molecule has 124 valence electrons. The monoisotopic (exact) mass is 355 g/mol. The van der Waals surface area contributed by atoms with E-state index in [2.05, 4.69) is 4.98 Å². The van der Waals surface area contributed by atoms with E-state index in [1.54, 1.807) is 0 Å². The summed E-state index contributed by atoms with van der Waals surface area (Å²) in [6, 6.07) is 0. The largest absolute Gasteiger partial charge is 0.394 e. The molecule has 1 aromatic rings. The van der Waals surface area contributed by atoms with Crippen molar-refractivity contribution in [3.8, 4) is 0 Å². The van der Waals surface area contributed by atoms with E-state index >= 15 is 0 Å². The summed E-state index contributed by atoms with van der Waals surface area (Å²) in [5.41, 5.74) is 4.52. The average Bonchev–Trinajstić information content (AvgIpc) is 2.69.